The molecule has 0 aliphatic heterocycles. The Labute approximate surface area is 154 Å². The highest BCUT2D eigenvalue weighted by Gasteiger charge is 2.25. The van der Waals surface area contributed by atoms with E-state index in [9.17, 15) is 9.59 Å². The number of rotatable bonds is 6. The second-order valence-electron chi connectivity index (χ2n) is 6.56. The van der Waals surface area contributed by atoms with Crippen LogP contribution in [0.1, 0.15) is 45.1 Å². The van der Waals surface area contributed by atoms with Crippen LogP contribution in [0.15, 0.2) is 35.2 Å². The lowest BCUT2D eigenvalue weighted by Crippen LogP contribution is -2.45. The summed E-state index contributed by atoms with van der Waals surface area (Å²) in [5, 5.41) is 3.02. The van der Waals surface area contributed by atoms with E-state index in [1.807, 2.05) is 30.5 Å². The van der Waals surface area contributed by atoms with Gasteiger partial charge in [-0.2, -0.15) is 0 Å². The Balaban J connectivity index is 1.81. The highest BCUT2D eigenvalue weighted by molar-refractivity contribution is 7.98. The molecule has 1 amide bonds. The minimum Gasteiger partial charge on any atom is -0.449 e. The smallest absolute Gasteiger partial charge is 0.331 e. The molecule has 0 unspecified atom stereocenters. The molecule has 0 heterocycles. The molecule has 1 fully saturated rings. The predicted molar refractivity (Wildman–Crippen MR) is 102 cm³/mol. The van der Waals surface area contributed by atoms with Crippen molar-refractivity contribution in [3.05, 3.63) is 35.9 Å². The first kappa shape index (κ1) is 19.6. The van der Waals surface area contributed by atoms with Crippen LogP contribution in [-0.4, -0.2) is 30.3 Å². The van der Waals surface area contributed by atoms with Crippen LogP contribution in [0.4, 0.5) is 0 Å². The van der Waals surface area contributed by atoms with Crippen molar-refractivity contribution in [2.45, 2.75) is 56.6 Å². The van der Waals surface area contributed by atoms with E-state index in [4.69, 9.17) is 4.74 Å². The van der Waals surface area contributed by atoms with Crippen LogP contribution in [0.25, 0.3) is 6.08 Å². The standard InChI is InChI=1S/C20H27NO3S/c1-14-6-4-5-7-18(14)21-20(23)15(2)24-19(22)13-10-16-8-11-17(25-3)12-9-16/h8-15,18H,4-7H2,1-3H3,(H,21,23)/b13-10+/t14-,15-,18-/m1/s1. The molecule has 1 aliphatic rings. The van der Waals surface area contributed by atoms with E-state index in [1.165, 1.54) is 17.4 Å². The number of carbonyl (C=O) groups is 2. The molecule has 0 saturated heterocycles. The number of hydrogen-bond donors (Lipinski definition) is 1. The molecule has 1 N–H and O–H groups in total. The molecule has 1 aromatic carbocycles. The van der Waals surface area contributed by atoms with Gasteiger partial charge in [-0.1, -0.05) is 31.9 Å². The van der Waals surface area contributed by atoms with Crippen LogP contribution in [-0.2, 0) is 14.3 Å². The zero-order valence-corrected chi connectivity index (χ0v) is 16.0. The fourth-order valence-corrected chi connectivity index (χ4v) is 3.39. The fourth-order valence-electron chi connectivity index (χ4n) is 2.98. The van der Waals surface area contributed by atoms with Crippen molar-refractivity contribution >= 4 is 29.7 Å². The number of amides is 1. The molecule has 1 aliphatic carbocycles. The molecule has 0 spiro atoms. The molecule has 1 aromatic rings. The van der Waals surface area contributed by atoms with Gasteiger partial charge in [0, 0.05) is 17.0 Å². The van der Waals surface area contributed by atoms with Crippen molar-refractivity contribution in [3.63, 3.8) is 0 Å². The Morgan fingerprint density at radius 2 is 1.92 bits per heavy atom. The maximum absolute atomic E-state index is 12.2. The van der Waals surface area contributed by atoms with Crippen LogP contribution in [0.5, 0.6) is 0 Å². The average molecular weight is 362 g/mol. The monoisotopic (exact) mass is 361 g/mol. The summed E-state index contributed by atoms with van der Waals surface area (Å²) < 4.78 is 5.21. The molecular weight excluding hydrogens is 334 g/mol. The third kappa shape index (κ3) is 6.24. The number of carbonyl (C=O) groups excluding carboxylic acids is 2. The highest BCUT2D eigenvalue weighted by atomic mass is 32.2. The Hall–Kier alpha value is -1.75. The summed E-state index contributed by atoms with van der Waals surface area (Å²) >= 11 is 1.67. The lowest BCUT2D eigenvalue weighted by molar-refractivity contribution is -0.150. The molecule has 0 radical (unpaired) electrons. The fraction of sp³-hybridized carbons (Fsp3) is 0.500. The van der Waals surface area contributed by atoms with Crippen molar-refractivity contribution in [3.8, 4) is 0 Å². The maximum Gasteiger partial charge on any atom is 0.331 e. The number of nitrogens with one attached hydrogen (secondary N) is 1. The van der Waals surface area contributed by atoms with Gasteiger partial charge in [-0.3, -0.25) is 4.79 Å². The number of hydrogen-bond acceptors (Lipinski definition) is 4. The number of thioether (sulfide) groups is 1. The minimum atomic E-state index is -0.787. The second kappa shape index (κ2) is 9.66. The van der Waals surface area contributed by atoms with Crippen molar-refractivity contribution in [1.29, 1.82) is 0 Å². The van der Waals surface area contributed by atoms with Crippen LogP contribution >= 0.6 is 11.8 Å². The molecule has 136 valence electrons. The maximum atomic E-state index is 12.2. The molecule has 4 nitrogen and oxygen atoms in total. The van der Waals surface area contributed by atoms with E-state index in [0.717, 1.165) is 24.8 Å². The first-order chi connectivity index (χ1) is 12.0. The van der Waals surface area contributed by atoms with Gasteiger partial charge in [0.25, 0.3) is 5.91 Å². The molecule has 0 aromatic heterocycles. The van der Waals surface area contributed by atoms with Crippen LogP contribution < -0.4 is 5.32 Å². The topological polar surface area (TPSA) is 55.4 Å². The van der Waals surface area contributed by atoms with Gasteiger partial charge >= 0.3 is 5.97 Å². The second-order valence-corrected chi connectivity index (χ2v) is 7.44. The number of benzene rings is 1. The van der Waals surface area contributed by atoms with Gasteiger partial charge in [0.15, 0.2) is 6.10 Å². The summed E-state index contributed by atoms with van der Waals surface area (Å²) in [4.78, 5) is 25.3. The molecule has 5 heteroatoms. The van der Waals surface area contributed by atoms with E-state index in [2.05, 4.69) is 12.2 Å². The zero-order valence-electron chi connectivity index (χ0n) is 15.2. The predicted octanol–water partition coefficient (Wildman–Crippen LogP) is 4.05. The normalized spacial score (nSPS) is 21.7. The lowest BCUT2D eigenvalue weighted by Gasteiger charge is -2.30. The van der Waals surface area contributed by atoms with Gasteiger partial charge < -0.3 is 10.1 Å². The Kier molecular flexibility index (Phi) is 7.56. The van der Waals surface area contributed by atoms with Crippen LogP contribution in [0.3, 0.4) is 0 Å². The summed E-state index contributed by atoms with van der Waals surface area (Å²) in [7, 11) is 0. The molecule has 3 atom stereocenters. The SMILES string of the molecule is CSc1ccc(/C=C/C(=O)O[C@H](C)C(=O)N[C@@H]2CCCC[C@H]2C)cc1. The Morgan fingerprint density at radius 1 is 1.24 bits per heavy atom. The summed E-state index contributed by atoms with van der Waals surface area (Å²) in [5.74, 6) is -0.247. The van der Waals surface area contributed by atoms with Crippen molar-refractivity contribution in [1.82, 2.24) is 5.32 Å². The summed E-state index contributed by atoms with van der Waals surface area (Å²) in [6, 6.07) is 8.06. The van der Waals surface area contributed by atoms with Gasteiger partial charge in [0.1, 0.15) is 0 Å². The summed E-state index contributed by atoms with van der Waals surface area (Å²) in [6.45, 7) is 3.77. The van der Waals surface area contributed by atoms with Gasteiger partial charge in [0.2, 0.25) is 0 Å². The third-order valence-corrected chi connectivity index (χ3v) is 5.37. The van der Waals surface area contributed by atoms with Crippen LogP contribution in [0, 0.1) is 5.92 Å². The molecule has 0 bridgehead atoms. The van der Waals surface area contributed by atoms with Crippen molar-refractivity contribution < 1.29 is 14.3 Å². The van der Waals surface area contributed by atoms with Crippen molar-refractivity contribution in [2.24, 2.45) is 5.92 Å². The Bertz CT molecular complexity index is 612. The van der Waals surface area contributed by atoms with Gasteiger partial charge in [-0.25, -0.2) is 4.79 Å². The summed E-state index contributed by atoms with van der Waals surface area (Å²) in [5.41, 5.74) is 0.919. The third-order valence-electron chi connectivity index (χ3n) is 4.63. The van der Waals surface area contributed by atoms with E-state index >= 15 is 0 Å². The first-order valence-corrected chi connectivity index (χ1v) is 10.0. The van der Waals surface area contributed by atoms with E-state index in [0.29, 0.717) is 5.92 Å². The minimum absolute atomic E-state index is 0.188. The quantitative estimate of drug-likeness (QED) is 0.472. The largest absolute Gasteiger partial charge is 0.449 e. The van der Waals surface area contributed by atoms with Crippen molar-refractivity contribution in [2.75, 3.05) is 6.26 Å². The highest BCUT2D eigenvalue weighted by Crippen LogP contribution is 2.23. The van der Waals surface area contributed by atoms with E-state index in [1.54, 1.807) is 24.8 Å². The van der Waals surface area contributed by atoms with Crippen LogP contribution in [0.2, 0.25) is 0 Å². The molecule has 25 heavy (non-hydrogen) atoms. The lowest BCUT2D eigenvalue weighted by atomic mass is 9.86. The van der Waals surface area contributed by atoms with Gasteiger partial charge in [0.05, 0.1) is 0 Å². The average Bonchev–Trinajstić information content (AvgIpc) is 2.62. The Morgan fingerprint density at radius 3 is 2.56 bits per heavy atom. The number of ether oxygens (including phenoxy) is 1. The molecule has 1 saturated carbocycles. The van der Waals surface area contributed by atoms with Gasteiger partial charge in [-0.15, -0.1) is 11.8 Å². The molecular formula is C20H27NO3S. The first-order valence-electron chi connectivity index (χ1n) is 8.82. The molecule has 2 rings (SSSR count). The zero-order chi connectivity index (χ0) is 18.2. The van der Waals surface area contributed by atoms with Gasteiger partial charge in [-0.05, 0) is 55.7 Å². The number of esters is 1. The summed E-state index contributed by atoms with van der Waals surface area (Å²) in [6.07, 6.45) is 8.79. The van der Waals surface area contributed by atoms with E-state index < -0.39 is 12.1 Å². The van der Waals surface area contributed by atoms with E-state index in [-0.39, 0.29) is 11.9 Å².